The van der Waals surface area contributed by atoms with Crippen LogP contribution in [0.1, 0.15) is 23.5 Å². The van der Waals surface area contributed by atoms with Gasteiger partial charge < -0.3 is 10.2 Å². The Morgan fingerprint density at radius 3 is 2.93 bits per heavy atom. The molecular weight excluding hydrogens is 384 g/mol. The maximum Gasteiger partial charge on any atom is 0.340 e. The first-order valence-electron chi connectivity index (χ1n) is 9.21. The number of carbonyl (C=O) groups is 1. The predicted octanol–water partition coefficient (Wildman–Crippen LogP) is 2.82. The van der Waals surface area contributed by atoms with Gasteiger partial charge in [-0.15, -0.1) is 21.4 Å². The van der Waals surface area contributed by atoms with Crippen LogP contribution in [0.4, 0.5) is 4.79 Å². The van der Waals surface area contributed by atoms with E-state index in [0.29, 0.717) is 6.54 Å². The molecule has 1 aromatic heterocycles. The van der Waals surface area contributed by atoms with E-state index in [9.17, 15) is 14.6 Å². The standard InChI is InChI=1S/C18H21ClN6O3/c1-23-10-12(20-18(26)24(21-27)6-5-19)8-14-13-3-2-4-15-17(13)11(7-16(14)23)9-25(15)22-28/h2-4,9,12,14,16H,5-8,10H2,1H3,(H,20,26)/t12-,14-,16-/m0/s1. The van der Waals surface area contributed by atoms with Crippen LogP contribution in [0, 0.1) is 9.81 Å². The number of hydrogen-bond acceptors (Lipinski definition) is 6. The normalized spacial score (nSPS) is 23.9. The van der Waals surface area contributed by atoms with Crippen molar-refractivity contribution in [2.75, 3.05) is 26.0 Å². The summed E-state index contributed by atoms with van der Waals surface area (Å²) in [5, 5.41) is 10.7. The first-order valence-corrected chi connectivity index (χ1v) is 9.74. The number of nitrogens with one attached hydrogen (secondary N) is 1. The van der Waals surface area contributed by atoms with Crippen molar-refractivity contribution in [1.29, 1.82) is 0 Å². The van der Waals surface area contributed by atoms with Gasteiger partial charge in [-0.3, -0.25) is 0 Å². The Hall–Kier alpha value is -2.52. The van der Waals surface area contributed by atoms with Crippen LogP contribution in [0.15, 0.2) is 35.0 Å². The number of alkyl halides is 1. The zero-order valence-corrected chi connectivity index (χ0v) is 16.2. The summed E-state index contributed by atoms with van der Waals surface area (Å²) in [4.78, 5) is 36.6. The van der Waals surface area contributed by atoms with Gasteiger partial charge in [0.05, 0.1) is 22.6 Å². The van der Waals surface area contributed by atoms with E-state index in [0.717, 1.165) is 34.3 Å². The number of fused-ring (bicyclic) bond motifs is 2. The molecule has 2 heterocycles. The number of halogens is 1. The molecule has 1 aliphatic carbocycles. The largest absolute Gasteiger partial charge is 0.340 e. The minimum Gasteiger partial charge on any atom is -0.332 e. The maximum absolute atomic E-state index is 12.3. The molecule has 4 rings (SSSR count). The highest BCUT2D eigenvalue weighted by Crippen LogP contribution is 2.43. The average Bonchev–Trinajstić information content (AvgIpc) is 3.06. The fourth-order valence-electron chi connectivity index (χ4n) is 4.71. The molecule has 9 nitrogen and oxygen atoms in total. The van der Waals surface area contributed by atoms with E-state index in [1.54, 1.807) is 0 Å². The van der Waals surface area contributed by atoms with Crippen molar-refractivity contribution in [3.05, 3.63) is 45.3 Å². The zero-order chi connectivity index (χ0) is 19.8. The Labute approximate surface area is 166 Å². The lowest BCUT2D eigenvalue weighted by molar-refractivity contribution is 0.124. The number of carbonyl (C=O) groups excluding carboxylic acids is 1. The lowest BCUT2D eigenvalue weighted by atomic mass is 9.74. The van der Waals surface area contributed by atoms with Crippen molar-refractivity contribution in [2.24, 2.45) is 10.6 Å². The summed E-state index contributed by atoms with van der Waals surface area (Å²) in [6, 6.07) is 5.54. The molecule has 28 heavy (non-hydrogen) atoms. The first-order chi connectivity index (χ1) is 13.6. The third kappa shape index (κ3) is 3.04. The second kappa shape index (κ2) is 7.48. The summed E-state index contributed by atoms with van der Waals surface area (Å²) in [7, 11) is 2.03. The third-order valence-electron chi connectivity index (χ3n) is 5.87. The van der Waals surface area contributed by atoms with E-state index in [1.807, 2.05) is 25.4 Å². The Bertz CT molecular complexity index is 931. The summed E-state index contributed by atoms with van der Waals surface area (Å²) < 4.78 is 1.39. The highest BCUT2D eigenvalue weighted by atomic mass is 35.5. The van der Waals surface area contributed by atoms with Crippen molar-refractivity contribution < 1.29 is 4.79 Å². The van der Waals surface area contributed by atoms with Crippen molar-refractivity contribution in [3.63, 3.8) is 0 Å². The number of likely N-dealkylation sites (N-methyl/N-ethyl adjacent to an activating group) is 1. The number of piperidine rings is 1. The second-order valence-electron chi connectivity index (χ2n) is 7.42. The molecule has 1 saturated heterocycles. The van der Waals surface area contributed by atoms with E-state index in [4.69, 9.17) is 11.6 Å². The summed E-state index contributed by atoms with van der Waals surface area (Å²) in [6.07, 6.45) is 3.39. The van der Waals surface area contributed by atoms with Crippen LogP contribution in [-0.4, -0.2) is 58.7 Å². The van der Waals surface area contributed by atoms with Gasteiger partial charge in [-0.2, -0.15) is 5.01 Å². The molecule has 0 spiro atoms. The van der Waals surface area contributed by atoms with Gasteiger partial charge in [0.2, 0.25) is 0 Å². The molecule has 1 fully saturated rings. The summed E-state index contributed by atoms with van der Waals surface area (Å²) in [5.41, 5.74) is 3.11. The molecule has 3 atom stereocenters. The second-order valence-corrected chi connectivity index (χ2v) is 7.79. The SMILES string of the molecule is CN1C[C@@H](NC(=O)N(CCCl)N=O)C[C@H]2c3cccc4c3c(cn4N=O)C[C@@H]21. The minimum atomic E-state index is -0.529. The molecule has 148 valence electrons. The van der Waals surface area contributed by atoms with Gasteiger partial charge in [0.25, 0.3) is 0 Å². The Morgan fingerprint density at radius 1 is 1.39 bits per heavy atom. The van der Waals surface area contributed by atoms with Crippen LogP contribution >= 0.6 is 11.6 Å². The fraction of sp³-hybridized carbons (Fsp3) is 0.500. The molecule has 10 heteroatoms. The van der Waals surface area contributed by atoms with Crippen LogP contribution < -0.4 is 5.32 Å². The van der Waals surface area contributed by atoms with Crippen LogP contribution in [0.5, 0.6) is 0 Å². The number of urea groups is 1. The Balaban J connectivity index is 1.62. The third-order valence-corrected chi connectivity index (χ3v) is 6.04. The van der Waals surface area contributed by atoms with Crippen molar-refractivity contribution in [2.45, 2.75) is 30.8 Å². The quantitative estimate of drug-likeness (QED) is 0.470. The monoisotopic (exact) mass is 404 g/mol. The minimum absolute atomic E-state index is 0.0698. The van der Waals surface area contributed by atoms with E-state index >= 15 is 0 Å². The van der Waals surface area contributed by atoms with Crippen molar-refractivity contribution in [3.8, 4) is 0 Å². The average molecular weight is 405 g/mol. The van der Waals surface area contributed by atoms with E-state index in [-0.39, 0.29) is 30.4 Å². The van der Waals surface area contributed by atoms with Gasteiger partial charge >= 0.3 is 6.03 Å². The molecule has 0 radical (unpaired) electrons. The molecule has 2 aromatic rings. The van der Waals surface area contributed by atoms with E-state index in [2.05, 4.69) is 26.9 Å². The molecular formula is C18H21ClN6O3. The molecule has 1 N–H and O–H groups in total. The first kappa shape index (κ1) is 18.8. The highest BCUT2D eigenvalue weighted by molar-refractivity contribution is 6.18. The molecule has 1 aliphatic heterocycles. The number of rotatable bonds is 5. The summed E-state index contributed by atoms with van der Waals surface area (Å²) in [5.74, 6) is 0.342. The number of likely N-dealkylation sites (tertiary alicyclic amines) is 1. The predicted molar refractivity (Wildman–Crippen MR) is 106 cm³/mol. The molecule has 0 unspecified atom stereocenters. The fourth-order valence-corrected chi connectivity index (χ4v) is 4.87. The number of nitrogens with zero attached hydrogens (tertiary/aromatic N) is 5. The Morgan fingerprint density at radius 2 is 2.21 bits per heavy atom. The molecule has 0 bridgehead atoms. The Kier molecular flexibility index (Phi) is 5.03. The van der Waals surface area contributed by atoms with E-state index in [1.165, 1.54) is 10.2 Å². The van der Waals surface area contributed by atoms with Gasteiger partial charge in [-0.1, -0.05) is 12.1 Å². The maximum atomic E-state index is 12.3. The highest BCUT2D eigenvalue weighted by Gasteiger charge is 2.40. The van der Waals surface area contributed by atoms with Gasteiger partial charge in [-0.25, -0.2) is 9.47 Å². The van der Waals surface area contributed by atoms with E-state index < -0.39 is 6.03 Å². The van der Waals surface area contributed by atoms with Crippen LogP contribution in [0.2, 0.25) is 0 Å². The van der Waals surface area contributed by atoms with Crippen LogP contribution in [0.3, 0.4) is 0 Å². The van der Waals surface area contributed by atoms with Crippen LogP contribution in [-0.2, 0) is 6.42 Å². The smallest absolute Gasteiger partial charge is 0.332 e. The number of nitroso groups, excluding NO2 is 2. The molecule has 2 amide bonds. The van der Waals surface area contributed by atoms with Gasteiger partial charge in [-0.05, 0) is 37.1 Å². The van der Waals surface area contributed by atoms with Crippen molar-refractivity contribution >= 4 is 28.5 Å². The van der Waals surface area contributed by atoms with Gasteiger partial charge in [0.1, 0.15) is 0 Å². The lowest BCUT2D eigenvalue weighted by Crippen LogP contribution is -2.56. The van der Waals surface area contributed by atoms with Crippen LogP contribution in [0.25, 0.3) is 10.9 Å². The molecule has 2 aliphatic rings. The summed E-state index contributed by atoms with van der Waals surface area (Å²) >= 11 is 5.62. The number of benzene rings is 1. The molecule has 0 saturated carbocycles. The number of aromatic nitrogens is 1. The van der Waals surface area contributed by atoms with Gasteiger partial charge in [0.15, 0.2) is 0 Å². The summed E-state index contributed by atoms with van der Waals surface area (Å²) in [6.45, 7) is 0.735. The van der Waals surface area contributed by atoms with Gasteiger partial charge in [0, 0.05) is 42.0 Å². The number of hydrogen-bond donors (Lipinski definition) is 1. The number of amides is 2. The zero-order valence-electron chi connectivity index (χ0n) is 15.4. The molecule has 1 aromatic carbocycles. The lowest BCUT2D eigenvalue weighted by Gasteiger charge is -2.45. The topological polar surface area (TPSA) is 99.4 Å². The van der Waals surface area contributed by atoms with Crippen molar-refractivity contribution in [1.82, 2.24) is 19.9 Å².